The van der Waals surface area contributed by atoms with Crippen molar-refractivity contribution in [2.45, 2.75) is 32.5 Å². The van der Waals surface area contributed by atoms with Gasteiger partial charge < -0.3 is 19.9 Å². The van der Waals surface area contributed by atoms with Gasteiger partial charge in [0.2, 0.25) is 11.8 Å². The number of morpholine rings is 1. The van der Waals surface area contributed by atoms with Crippen molar-refractivity contribution in [1.29, 1.82) is 0 Å². The Morgan fingerprint density at radius 1 is 1.05 bits per heavy atom. The Kier molecular flexibility index (Phi) is 7.89. The largest absolute Gasteiger partial charge is 0.378 e. The first kappa shape index (κ1) is 25.3. The van der Waals surface area contributed by atoms with Gasteiger partial charge in [0.25, 0.3) is 0 Å². The molecule has 0 saturated carbocycles. The van der Waals surface area contributed by atoms with E-state index >= 15 is 0 Å². The summed E-state index contributed by atoms with van der Waals surface area (Å²) < 4.78 is 7.00. The van der Waals surface area contributed by atoms with Gasteiger partial charge in [0.05, 0.1) is 18.7 Å². The highest BCUT2D eigenvalue weighted by Gasteiger charge is 2.29. The molecule has 0 aliphatic carbocycles. The molecule has 0 spiro atoms. The molecule has 4 aromatic rings. The predicted molar refractivity (Wildman–Crippen MR) is 144 cm³/mol. The van der Waals surface area contributed by atoms with E-state index in [9.17, 15) is 9.59 Å². The quantitative estimate of drug-likeness (QED) is 0.367. The number of nitrogens with zero attached hydrogens (tertiary/aromatic N) is 6. The van der Waals surface area contributed by atoms with Crippen LogP contribution in [0.5, 0.6) is 0 Å². The number of rotatable bonds is 9. The summed E-state index contributed by atoms with van der Waals surface area (Å²) in [6.45, 7) is 5.23. The summed E-state index contributed by atoms with van der Waals surface area (Å²) in [5.41, 5.74) is 4.09. The van der Waals surface area contributed by atoms with Gasteiger partial charge in [0.15, 0.2) is 0 Å². The normalized spacial score (nSPS) is 14.3. The third kappa shape index (κ3) is 5.81. The lowest BCUT2D eigenvalue weighted by molar-refractivity contribution is -0.140. The van der Waals surface area contributed by atoms with Crippen molar-refractivity contribution in [2.75, 3.05) is 36.5 Å². The van der Waals surface area contributed by atoms with Gasteiger partial charge in [-0.15, -0.1) is 5.10 Å². The van der Waals surface area contributed by atoms with Gasteiger partial charge in [-0.1, -0.05) is 30.3 Å². The molecule has 3 heterocycles. The number of carbonyl (C=O) groups excluding carboxylic acids is 2. The highest BCUT2D eigenvalue weighted by atomic mass is 16.5. The number of para-hydroxylation sites is 1. The van der Waals surface area contributed by atoms with Gasteiger partial charge in [0.1, 0.15) is 18.1 Å². The first-order chi connectivity index (χ1) is 18.6. The number of amides is 2. The molecule has 0 bridgehead atoms. The third-order valence-electron chi connectivity index (χ3n) is 6.68. The molecular weight excluding hydrogens is 482 g/mol. The molecule has 1 saturated heterocycles. The Labute approximate surface area is 221 Å². The number of hydrogen-bond donors (Lipinski definition) is 1. The number of nitrogens with one attached hydrogen (secondary N) is 1. The molecule has 2 amide bonds. The van der Waals surface area contributed by atoms with E-state index in [2.05, 4.69) is 25.5 Å². The Bertz CT molecular complexity index is 1370. The number of hydrogen-bond acceptors (Lipinski definition) is 7. The summed E-state index contributed by atoms with van der Waals surface area (Å²) >= 11 is 0. The molecular formula is C28H31N7O3. The molecule has 1 N–H and O–H groups in total. The molecule has 1 fully saturated rings. The van der Waals surface area contributed by atoms with E-state index in [1.165, 1.54) is 0 Å². The SMILES string of the molecule is CCC(C(=O)Nc1ccc(N2CCOCC2)cc1)N(Cc1cccnc1)C(=O)Cn1nnc2ccccc21. The second-order valence-electron chi connectivity index (χ2n) is 9.18. The van der Waals surface area contributed by atoms with Crippen LogP contribution in [0.15, 0.2) is 73.1 Å². The molecule has 1 aliphatic rings. The Hall–Kier alpha value is -4.31. The van der Waals surface area contributed by atoms with Crippen molar-refractivity contribution in [3.63, 3.8) is 0 Å². The summed E-state index contributed by atoms with van der Waals surface area (Å²) in [7, 11) is 0. The maximum absolute atomic E-state index is 13.7. The van der Waals surface area contributed by atoms with Crippen molar-refractivity contribution in [3.05, 3.63) is 78.6 Å². The second kappa shape index (κ2) is 11.8. The van der Waals surface area contributed by atoms with Gasteiger partial charge in [-0.2, -0.15) is 0 Å². The van der Waals surface area contributed by atoms with E-state index in [4.69, 9.17) is 4.74 Å². The summed E-state index contributed by atoms with van der Waals surface area (Å²) in [5, 5.41) is 11.3. The second-order valence-corrected chi connectivity index (χ2v) is 9.18. The predicted octanol–water partition coefficient (Wildman–Crippen LogP) is 3.11. The molecule has 10 heteroatoms. The standard InChI is InChI=1S/C28H31N7O3/c1-2-25(28(37)30-22-9-11-23(12-10-22)33-14-16-38-17-15-33)34(19-21-6-5-13-29-18-21)27(36)20-35-26-8-4-3-7-24(26)31-32-35/h3-13,18,25H,2,14-17,19-20H2,1H3,(H,30,37). The average Bonchev–Trinajstić information content (AvgIpc) is 3.37. The van der Waals surface area contributed by atoms with Crippen molar-refractivity contribution < 1.29 is 14.3 Å². The monoisotopic (exact) mass is 513 g/mol. The third-order valence-corrected chi connectivity index (χ3v) is 6.68. The van der Waals surface area contributed by atoms with E-state index in [0.29, 0.717) is 30.8 Å². The van der Waals surface area contributed by atoms with Crippen molar-refractivity contribution in [1.82, 2.24) is 24.9 Å². The Morgan fingerprint density at radius 2 is 1.84 bits per heavy atom. The van der Waals surface area contributed by atoms with Crippen LogP contribution >= 0.6 is 0 Å². The maximum atomic E-state index is 13.7. The fourth-order valence-electron chi connectivity index (χ4n) is 4.66. The Balaban J connectivity index is 1.34. The highest BCUT2D eigenvalue weighted by Crippen LogP contribution is 2.21. The molecule has 196 valence electrons. The van der Waals surface area contributed by atoms with Crippen LogP contribution in [0.4, 0.5) is 11.4 Å². The summed E-state index contributed by atoms with van der Waals surface area (Å²) in [6, 6.07) is 18.3. The topological polar surface area (TPSA) is 105 Å². The number of fused-ring (bicyclic) bond motifs is 1. The van der Waals surface area contributed by atoms with E-state index in [1.807, 2.05) is 67.6 Å². The molecule has 38 heavy (non-hydrogen) atoms. The highest BCUT2D eigenvalue weighted by molar-refractivity contribution is 5.97. The zero-order valence-electron chi connectivity index (χ0n) is 21.4. The first-order valence-corrected chi connectivity index (χ1v) is 12.8. The molecule has 2 aromatic carbocycles. The zero-order valence-corrected chi connectivity index (χ0v) is 21.4. The number of pyridine rings is 1. The number of anilines is 2. The van der Waals surface area contributed by atoms with Crippen molar-refractivity contribution in [3.8, 4) is 0 Å². The summed E-state index contributed by atoms with van der Waals surface area (Å²) in [5.74, 6) is -0.471. The van der Waals surface area contributed by atoms with Crippen LogP contribution in [0.1, 0.15) is 18.9 Å². The van der Waals surface area contributed by atoms with Crippen LogP contribution in [-0.4, -0.2) is 69.0 Å². The van der Waals surface area contributed by atoms with E-state index in [-0.39, 0.29) is 24.9 Å². The lowest BCUT2D eigenvalue weighted by atomic mass is 10.1. The lowest BCUT2D eigenvalue weighted by Crippen LogP contribution is -2.47. The number of carbonyl (C=O) groups is 2. The summed E-state index contributed by atoms with van der Waals surface area (Å²) in [6.07, 6.45) is 3.84. The fourth-order valence-corrected chi connectivity index (χ4v) is 4.66. The molecule has 0 radical (unpaired) electrons. The summed E-state index contributed by atoms with van der Waals surface area (Å²) in [4.78, 5) is 35.2. The fraction of sp³-hybridized carbons (Fsp3) is 0.321. The molecule has 1 aliphatic heterocycles. The minimum Gasteiger partial charge on any atom is -0.378 e. The van der Waals surface area contributed by atoms with Crippen LogP contribution < -0.4 is 10.2 Å². The molecule has 10 nitrogen and oxygen atoms in total. The minimum absolute atomic E-state index is 0.0290. The van der Waals surface area contributed by atoms with E-state index in [0.717, 1.165) is 29.9 Å². The van der Waals surface area contributed by atoms with Crippen molar-refractivity contribution >= 4 is 34.2 Å². The van der Waals surface area contributed by atoms with Crippen LogP contribution in [0.25, 0.3) is 11.0 Å². The van der Waals surface area contributed by atoms with Gasteiger partial charge in [-0.05, 0) is 54.4 Å². The molecule has 1 unspecified atom stereocenters. The maximum Gasteiger partial charge on any atom is 0.247 e. The average molecular weight is 514 g/mol. The number of aromatic nitrogens is 4. The van der Waals surface area contributed by atoms with Crippen LogP contribution in [0.3, 0.4) is 0 Å². The first-order valence-electron chi connectivity index (χ1n) is 12.8. The lowest BCUT2D eigenvalue weighted by Gasteiger charge is -2.31. The van der Waals surface area contributed by atoms with Gasteiger partial charge in [0, 0.05) is 43.4 Å². The van der Waals surface area contributed by atoms with Crippen LogP contribution in [0.2, 0.25) is 0 Å². The van der Waals surface area contributed by atoms with Gasteiger partial charge >= 0.3 is 0 Å². The van der Waals surface area contributed by atoms with Gasteiger partial charge in [-0.3, -0.25) is 14.6 Å². The van der Waals surface area contributed by atoms with Crippen LogP contribution in [-0.2, 0) is 27.4 Å². The zero-order chi connectivity index (χ0) is 26.3. The molecule has 5 rings (SSSR count). The van der Waals surface area contributed by atoms with Crippen molar-refractivity contribution in [2.24, 2.45) is 0 Å². The van der Waals surface area contributed by atoms with Gasteiger partial charge in [-0.25, -0.2) is 4.68 Å². The van der Waals surface area contributed by atoms with Crippen LogP contribution in [0, 0.1) is 0 Å². The smallest absolute Gasteiger partial charge is 0.247 e. The van der Waals surface area contributed by atoms with E-state index in [1.54, 1.807) is 22.0 Å². The Morgan fingerprint density at radius 3 is 2.58 bits per heavy atom. The number of ether oxygens (including phenoxy) is 1. The molecule has 1 atom stereocenters. The minimum atomic E-state index is -0.684. The number of benzene rings is 2. The van der Waals surface area contributed by atoms with E-state index < -0.39 is 6.04 Å². The molecule has 2 aromatic heterocycles.